The van der Waals surface area contributed by atoms with Crippen molar-refractivity contribution in [2.45, 2.75) is 51.6 Å². The lowest BCUT2D eigenvalue weighted by Gasteiger charge is -2.33. The van der Waals surface area contributed by atoms with Gasteiger partial charge in [-0.25, -0.2) is 0 Å². The lowest BCUT2D eigenvalue weighted by atomic mass is 9.93. The SMILES string of the molecule is CCN(Cc1cc([N+](=O)[O-])ccc1N)C1CCCCC1. The number of hydrogen-bond acceptors (Lipinski definition) is 4. The molecule has 0 radical (unpaired) electrons. The predicted molar refractivity (Wildman–Crippen MR) is 80.5 cm³/mol. The van der Waals surface area contributed by atoms with E-state index in [2.05, 4.69) is 11.8 Å². The molecule has 1 aromatic rings. The minimum absolute atomic E-state index is 0.119. The normalized spacial score (nSPS) is 16.5. The van der Waals surface area contributed by atoms with Gasteiger partial charge in [0, 0.05) is 30.4 Å². The van der Waals surface area contributed by atoms with E-state index >= 15 is 0 Å². The van der Waals surface area contributed by atoms with Gasteiger partial charge in [0.25, 0.3) is 5.69 Å². The third kappa shape index (κ3) is 3.48. The van der Waals surface area contributed by atoms with E-state index in [0.717, 1.165) is 12.1 Å². The van der Waals surface area contributed by atoms with Crippen molar-refractivity contribution in [1.29, 1.82) is 0 Å². The third-order valence-electron chi connectivity index (χ3n) is 4.21. The first-order chi connectivity index (χ1) is 9.61. The molecule has 0 aromatic heterocycles. The van der Waals surface area contributed by atoms with Gasteiger partial charge in [0.15, 0.2) is 0 Å². The van der Waals surface area contributed by atoms with Crippen LogP contribution in [0, 0.1) is 10.1 Å². The summed E-state index contributed by atoms with van der Waals surface area (Å²) in [5.41, 5.74) is 7.60. The van der Waals surface area contributed by atoms with Gasteiger partial charge < -0.3 is 5.73 Å². The Balaban J connectivity index is 2.13. The van der Waals surface area contributed by atoms with E-state index in [0.29, 0.717) is 18.3 Å². The maximum atomic E-state index is 10.9. The topological polar surface area (TPSA) is 72.4 Å². The molecule has 0 heterocycles. The average molecular weight is 277 g/mol. The lowest BCUT2D eigenvalue weighted by Crippen LogP contribution is -2.36. The second-order valence-electron chi connectivity index (χ2n) is 5.50. The molecule has 20 heavy (non-hydrogen) atoms. The Morgan fingerprint density at radius 3 is 2.65 bits per heavy atom. The molecule has 5 nitrogen and oxygen atoms in total. The molecule has 1 saturated carbocycles. The first-order valence-electron chi connectivity index (χ1n) is 7.38. The van der Waals surface area contributed by atoms with Crippen molar-refractivity contribution in [3.8, 4) is 0 Å². The summed E-state index contributed by atoms with van der Waals surface area (Å²) in [6.07, 6.45) is 6.34. The van der Waals surface area contributed by atoms with Crippen LogP contribution in [0.3, 0.4) is 0 Å². The van der Waals surface area contributed by atoms with Crippen LogP contribution in [-0.4, -0.2) is 22.4 Å². The van der Waals surface area contributed by atoms with Gasteiger partial charge in [-0.05, 0) is 31.0 Å². The summed E-state index contributed by atoms with van der Waals surface area (Å²) in [7, 11) is 0. The Labute approximate surface area is 119 Å². The fraction of sp³-hybridized carbons (Fsp3) is 0.600. The fourth-order valence-electron chi connectivity index (χ4n) is 3.01. The molecule has 110 valence electrons. The monoisotopic (exact) mass is 277 g/mol. The number of rotatable bonds is 5. The summed E-state index contributed by atoms with van der Waals surface area (Å²) in [4.78, 5) is 12.9. The van der Waals surface area contributed by atoms with Gasteiger partial charge in [-0.2, -0.15) is 0 Å². The first-order valence-corrected chi connectivity index (χ1v) is 7.38. The highest BCUT2D eigenvalue weighted by molar-refractivity contribution is 5.52. The number of hydrogen-bond donors (Lipinski definition) is 1. The zero-order valence-electron chi connectivity index (χ0n) is 12.0. The maximum Gasteiger partial charge on any atom is 0.269 e. The zero-order valence-corrected chi connectivity index (χ0v) is 12.0. The van der Waals surface area contributed by atoms with Crippen LogP contribution in [0.1, 0.15) is 44.6 Å². The molecule has 0 aliphatic heterocycles. The number of nitrogens with zero attached hydrogens (tertiary/aromatic N) is 2. The summed E-state index contributed by atoms with van der Waals surface area (Å²) >= 11 is 0. The standard InChI is InChI=1S/C15H23N3O2/c1-2-17(13-6-4-3-5-7-13)11-12-10-14(18(19)20)8-9-15(12)16/h8-10,13H,2-7,11,16H2,1H3. The molecule has 1 aliphatic rings. The summed E-state index contributed by atoms with van der Waals surface area (Å²) in [5, 5.41) is 10.9. The van der Waals surface area contributed by atoms with E-state index in [1.54, 1.807) is 12.1 Å². The summed E-state index contributed by atoms with van der Waals surface area (Å²) in [5.74, 6) is 0. The van der Waals surface area contributed by atoms with Gasteiger partial charge in [-0.3, -0.25) is 15.0 Å². The molecule has 0 unspecified atom stereocenters. The van der Waals surface area contributed by atoms with Crippen molar-refractivity contribution in [2.24, 2.45) is 0 Å². The molecule has 5 heteroatoms. The van der Waals surface area contributed by atoms with Crippen molar-refractivity contribution < 1.29 is 4.92 Å². The Kier molecular flexibility index (Phi) is 4.95. The van der Waals surface area contributed by atoms with Crippen LogP contribution >= 0.6 is 0 Å². The summed E-state index contributed by atoms with van der Waals surface area (Å²) in [6.45, 7) is 3.80. The van der Waals surface area contributed by atoms with Crippen molar-refractivity contribution in [2.75, 3.05) is 12.3 Å². The minimum atomic E-state index is -0.361. The lowest BCUT2D eigenvalue weighted by molar-refractivity contribution is -0.384. The highest BCUT2D eigenvalue weighted by atomic mass is 16.6. The average Bonchev–Trinajstić information content (AvgIpc) is 2.47. The second kappa shape index (κ2) is 6.70. The molecule has 0 amide bonds. The minimum Gasteiger partial charge on any atom is -0.398 e. The van der Waals surface area contributed by atoms with Gasteiger partial charge in [0.05, 0.1) is 4.92 Å². The van der Waals surface area contributed by atoms with Gasteiger partial charge in [-0.1, -0.05) is 26.2 Å². The maximum absolute atomic E-state index is 10.9. The number of nitro groups is 1. The van der Waals surface area contributed by atoms with Crippen molar-refractivity contribution >= 4 is 11.4 Å². The molecular formula is C15H23N3O2. The van der Waals surface area contributed by atoms with Crippen molar-refractivity contribution in [3.05, 3.63) is 33.9 Å². The van der Waals surface area contributed by atoms with E-state index < -0.39 is 0 Å². The third-order valence-corrected chi connectivity index (χ3v) is 4.21. The van der Waals surface area contributed by atoms with Gasteiger partial charge in [-0.15, -0.1) is 0 Å². The highest BCUT2D eigenvalue weighted by Gasteiger charge is 2.21. The van der Waals surface area contributed by atoms with Crippen LogP contribution in [0.2, 0.25) is 0 Å². The van der Waals surface area contributed by atoms with E-state index in [4.69, 9.17) is 5.73 Å². The smallest absolute Gasteiger partial charge is 0.269 e. The Morgan fingerprint density at radius 2 is 2.05 bits per heavy atom. The molecule has 0 atom stereocenters. The molecule has 0 bridgehead atoms. The largest absolute Gasteiger partial charge is 0.398 e. The number of anilines is 1. The molecule has 1 fully saturated rings. The van der Waals surface area contributed by atoms with Crippen LogP contribution in [0.15, 0.2) is 18.2 Å². The number of nitrogens with two attached hydrogens (primary N) is 1. The van der Waals surface area contributed by atoms with E-state index in [9.17, 15) is 10.1 Å². The van der Waals surface area contributed by atoms with Crippen molar-refractivity contribution in [3.63, 3.8) is 0 Å². The van der Waals surface area contributed by atoms with Gasteiger partial charge in [0.2, 0.25) is 0 Å². The quantitative estimate of drug-likeness (QED) is 0.509. The fourth-order valence-corrected chi connectivity index (χ4v) is 3.01. The molecule has 1 aliphatic carbocycles. The number of non-ortho nitro benzene ring substituents is 1. The van der Waals surface area contributed by atoms with Crippen LogP contribution < -0.4 is 5.73 Å². The molecule has 0 saturated heterocycles. The summed E-state index contributed by atoms with van der Waals surface area (Å²) < 4.78 is 0. The van der Waals surface area contributed by atoms with Crippen LogP contribution in [0.4, 0.5) is 11.4 Å². The van der Waals surface area contributed by atoms with E-state index in [-0.39, 0.29) is 10.6 Å². The number of benzene rings is 1. The molecule has 1 aromatic carbocycles. The molecule has 2 rings (SSSR count). The summed E-state index contributed by atoms with van der Waals surface area (Å²) in [6, 6.07) is 5.31. The number of nitro benzene ring substituents is 1. The Morgan fingerprint density at radius 1 is 1.35 bits per heavy atom. The Hall–Kier alpha value is -1.62. The van der Waals surface area contributed by atoms with Crippen LogP contribution in [0.25, 0.3) is 0 Å². The van der Waals surface area contributed by atoms with Crippen molar-refractivity contribution in [1.82, 2.24) is 4.90 Å². The molecule has 2 N–H and O–H groups in total. The van der Waals surface area contributed by atoms with Crippen LogP contribution in [0.5, 0.6) is 0 Å². The molecule has 0 spiro atoms. The Bertz CT molecular complexity index is 470. The zero-order chi connectivity index (χ0) is 14.5. The van der Waals surface area contributed by atoms with E-state index in [1.807, 2.05) is 0 Å². The van der Waals surface area contributed by atoms with Gasteiger partial charge in [0.1, 0.15) is 0 Å². The van der Waals surface area contributed by atoms with E-state index in [1.165, 1.54) is 38.2 Å². The number of nitrogen functional groups attached to an aromatic ring is 1. The van der Waals surface area contributed by atoms with Crippen LogP contribution in [-0.2, 0) is 6.54 Å². The van der Waals surface area contributed by atoms with Gasteiger partial charge >= 0.3 is 0 Å². The first kappa shape index (κ1) is 14.8. The molecular weight excluding hydrogens is 254 g/mol. The highest BCUT2D eigenvalue weighted by Crippen LogP contribution is 2.26. The second-order valence-corrected chi connectivity index (χ2v) is 5.50. The predicted octanol–water partition coefficient (Wildman–Crippen LogP) is 3.33.